The quantitative estimate of drug-likeness (QED) is 0.787. The molecule has 0 amide bonds. The van der Waals surface area contributed by atoms with Crippen LogP contribution in [0.4, 0.5) is 0 Å². The average molecular weight is 332 g/mol. The van der Waals surface area contributed by atoms with E-state index in [9.17, 15) is 20.1 Å². The van der Waals surface area contributed by atoms with E-state index in [1.54, 1.807) is 6.07 Å². The van der Waals surface area contributed by atoms with Gasteiger partial charge in [-0.15, -0.1) is 0 Å². The van der Waals surface area contributed by atoms with Crippen LogP contribution in [0.2, 0.25) is 0 Å². The number of phenols is 2. The molecule has 2 aromatic rings. The Morgan fingerprint density at radius 1 is 1.04 bits per heavy atom. The SMILES string of the molecule is COc1cc(O)c2c(c1)O[C@H](c1ccc(OC)c(O)c1)[C@@H](O)C2=O. The van der Waals surface area contributed by atoms with Crippen molar-refractivity contribution in [3.63, 3.8) is 0 Å². The van der Waals surface area contributed by atoms with Crippen LogP contribution in [0.1, 0.15) is 22.0 Å². The number of hydrogen-bond donors (Lipinski definition) is 3. The third kappa shape index (κ3) is 2.48. The Kier molecular flexibility index (Phi) is 3.94. The molecule has 0 spiro atoms. The summed E-state index contributed by atoms with van der Waals surface area (Å²) in [5.41, 5.74) is 0.291. The summed E-state index contributed by atoms with van der Waals surface area (Å²) in [5.74, 6) is -0.469. The van der Waals surface area contributed by atoms with Gasteiger partial charge in [0.1, 0.15) is 22.8 Å². The van der Waals surface area contributed by atoms with E-state index in [1.165, 1.54) is 38.5 Å². The predicted molar refractivity (Wildman–Crippen MR) is 83.0 cm³/mol. The number of carbonyl (C=O) groups is 1. The number of rotatable bonds is 3. The molecule has 0 radical (unpaired) electrons. The minimum atomic E-state index is -1.52. The fourth-order valence-electron chi connectivity index (χ4n) is 2.66. The number of ether oxygens (including phenoxy) is 3. The molecule has 7 nitrogen and oxygen atoms in total. The van der Waals surface area contributed by atoms with Gasteiger partial charge in [0, 0.05) is 12.1 Å². The summed E-state index contributed by atoms with van der Waals surface area (Å²) in [6.07, 6.45) is -2.56. The number of carbonyl (C=O) groups excluding carboxylic acids is 1. The van der Waals surface area contributed by atoms with Gasteiger partial charge in [-0.3, -0.25) is 4.79 Å². The number of methoxy groups -OCH3 is 2. The molecule has 24 heavy (non-hydrogen) atoms. The van der Waals surface area contributed by atoms with Crippen molar-refractivity contribution in [2.45, 2.75) is 12.2 Å². The van der Waals surface area contributed by atoms with Gasteiger partial charge in [-0.1, -0.05) is 6.07 Å². The monoisotopic (exact) mass is 332 g/mol. The molecule has 1 heterocycles. The van der Waals surface area contributed by atoms with Crippen LogP contribution in [0.25, 0.3) is 0 Å². The van der Waals surface area contributed by atoms with Crippen molar-refractivity contribution < 1.29 is 34.3 Å². The van der Waals surface area contributed by atoms with Gasteiger partial charge in [0.15, 0.2) is 23.7 Å². The molecule has 0 aliphatic carbocycles. The molecule has 0 saturated heterocycles. The normalized spacial score (nSPS) is 19.4. The van der Waals surface area contributed by atoms with Gasteiger partial charge in [0.05, 0.1) is 14.2 Å². The number of phenolic OH excluding ortho intramolecular Hbond substituents is 2. The number of hydrogen-bond acceptors (Lipinski definition) is 7. The zero-order valence-corrected chi connectivity index (χ0v) is 13.0. The van der Waals surface area contributed by atoms with E-state index in [4.69, 9.17) is 14.2 Å². The lowest BCUT2D eigenvalue weighted by molar-refractivity contribution is 0.0210. The molecular formula is C17H16O7. The van der Waals surface area contributed by atoms with E-state index in [-0.39, 0.29) is 28.6 Å². The highest BCUT2D eigenvalue weighted by molar-refractivity contribution is 6.05. The second kappa shape index (κ2) is 5.93. The van der Waals surface area contributed by atoms with Gasteiger partial charge < -0.3 is 29.5 Å². The second-order valence-electron chi connectivity index (χ2n) is 5.30. The molecule has 2 atom stereocenters. The zero-order valence-electron chi connectivity index (χ0n) is 13.0. The Hall–Kier alpha value is -2.93. The van der Waals surface area contributed by atoms with Crippen molar-refractivity contribution in [3.8, 4) is 28.7 Å². The third-order valence-electron chi connectivity index (χ3n) is 3.88. The number of benzene rings is 2. The summed E-state index contributed by atoms with van der Waals surface area (Å²) in [6, 6.07) is 7.15. The van der Waals surface area contributed by atoms with Crippen molar-refractivity contribution >= 4 is 5.78 Å². The maximum atomic E-state index is 12.4. The molecular weight excluding hydrogens is 316 g/mol. The maximum Gasteiger partial charge on any atom is 0.202 e. The van der Waals surface area contributed by atoms with Crippen LogP contribution in [-0.2, 0) is 0 Å². The highest BCUT2D eigenvalue weighted by atomic mass is 16.5. The fraction of sp³-hybridized carbons (Fsp3) is 0.235. The Morgan fingerprint density at radius 3 is 2.42 bits per heavy atom. The van der Waals surface area contributed by atoms with Crippen molar-refractivity contribution in [2.75, 3.05) is 14.2 Å². The van der Waals surface area contributed by atoms with Crippen LogP contribution in [0.5, 0.6) is 28.7 Å². The topological polar surface area (TPSA) is 105 Å². The number of Topliss-reactive ketones (excluding diaryl/α,β-unsaturated/α-hetero) is 1. The Labute approximate surface area is 137 Å². The number of fused-ring (bicyclic) bond motifs is 1. The second-order valence-corrected chi connectivity index (χ2v) is 5.30. The Morgan fingerprint density at radius 2 is 1.79 bits per heavy atom. The maximum absolute atomic E-state index is 12.4. The van der Waals surface area contributed by atoms with Crippen LogP contribution >= 0.6 is 0 Å². The number of aliphatic hydroxyl groups excluding tert-OH is 1. The fourth-order valence-corrected chi connectivity index (χ4v) is 2.66. The first kappa shape index (κ1) is 15.9. The smallest absolute Gasteiger partial charge is 0.202 e. The summed E-state index contributed by atoms with van der Waals surface area (Å²) in [7, 11) is 2.83. The van der Waals surface area contributed by atoms with Crippen molar-refractivity contribution in [1.29, 1.82) is 0 Å². The summed E-state index contributed by atoms with van der Waals surface area (Å²) in [6.45, 7) is 0. The largest absolute Gasteiger partial charge is 0.507 e. The van der Waals surface area contributed by atoms with Crippen molar-refractivity contribution in [1.82, 2.24) is 0 Å². The summed E-state index contributed by atoms with van der Waals surface area (Å²) in [4.78, 5) is 12.4. The highest BCUT2D eigenvalue weighted by Crippen LogP contribution is 2.43. The molecule has 0 saturated carbocycles. The van der Waals surface area contributed by atoms with E-state index < -0.39 is 18.0 Å². The van der Waals surface area contributed by atoms with E-state index >= 15 is 0 Å². The molecule has 0 fully saturated rings. The molecule has 3 rings (SSSR count). The first-order chi connectivity index (χ1) is 11.5. The van der Waals surface area contributed by atoms with E-state index in [0.29, 0.717) is 11.3 Å². The van der Waals surface area contributed by atoms with Crippen molar-refractivity contribution in [3.05, 3.63) is 41.5 Å². The minimum Gasteiger partial charge on any atom is -0.507 e. The highest BCUT2D eigenvalue weighted by Gasteiger charge is 2.39. The molecule has 0 unspecified atom stereocenters. The summed E-state index contributed by atoms with van der Waals surface area (Å²) < 4.78 is 15.7. The van der Waals surface area contributed by atoms with E-state index in [2.05, 4.69) is 0 Å². The van der Waals surface area contributed by atoms with Gasteiger partial charge in [-0.2, -0.15) is 0 Å². The summed E-state index contributed by atoms with van der Waals surface area (Å²) in [5, 5.41) is 30.1. The zero-order chi connectivity index (χ0) is 17.4. The van der Waals surface area contributed by atoms with Gasteiger partial charge in [-0.05, 0) is 17.7 Å². The first-order valence-electron chi connectivity index (χ1n) is 7.13. The molecule has 1 aliphatic rings. The lowest BCUT2D eigenvalue weighted by atomic mass is 9.92. The predicted octanol–water partition coefficient (Wildman–Crippen LogP) is 1.79. The molecule has 0 bridgehead atoms. The van der Waals surface area contributed by atoms with Crippen LogP contribution in [0.3, 0.4) is 0 Å². The van der Waals surface area contributed by atoms with Gasteiger partial charge in [0.2, 0.25) is 5.78 Å². The Bertz CT molecular complexity index is 800. The van der Waals surface area contributed by atoms with Gasteiger partial charge in [0.25, 0.3) is 0 Å². The third-order valence-corrected chi connectivity index (χ3v) is 3.88. The van der Waals surface area contributed by atoms with Crippen LogP contribution in [0, 0.1) is 0 Å². The van der Waals surface area contributed by atoms with Gasteiger partial charge >= 0.3 is 0 Å². The van der Waals surface area contributed by atoms with E-state index in [0.717, 1.165) is 0 Å². The van der Waals surface area contributed by atoms with Crippen LogP contribution in [-0.4, -0.2) is 41.4 Å². The first-order valence-corrected chi connectivity index (χ1v) is 7.13. The summed E-state index contributed by atoms with van der Waals surface area (Å²) >= 11 is 0. The molecule has 0 aromatic heterocycles. The van der Waals surface area contributed by atoms with Crippen LogP contribution in [0.15, 0.2) is 30.3 Å². The molecule has 7 heteroatoms. The number of aliphatic hydroxyl groups is 1. The molecule has 3 N–H and O–H groups in total. The number of aromatic hydroxyl groups is 2. The molecule has 1 aliphatic heterocycles. The molecule has 2 aromatic carbocycles. The standard InChI is InChI=1S/C17H16O7/c1-22-9-6-11(19)14-13(7-9)24-17(16(21)15(14)20)8-3-4-12(23-2)10(18)5-8/h3-7,16-19,21H,1-2H3/t16-,17+/m0/s1. The van der Waals surface area contributed by atoms with Crippen molar-refractivity contribution in [2.24, 2.45) is 0 Å². The lowest BCUT2D eigenvalue weighted by Gasteiger charge is -2.30. The van der Waals surface area contributed by atoms with Gasteiger partial charge in [-0.25, -0.2) is 0 Å². The number of ketones is 1. The molecule has 126 valence electrons. The van der Waals surface area contributed by atoms with Crippen LogP contribution < -0.4 is 14.2 Å². The van der Waals surface area contributed by atoms with E-state index in [1.807, 2.05) is 0 Å². The minimum absolute atomic E-state index is 0.0995. The Balaban J connectivity index is 2.05. The lowest BCUT2D eigenvalue weighted by Crippen LogP contribution is -2.36. The average Bonchev–Trinajstić information content (AvgIpc) is 2.57.